The minimum absolute atomic E-state index is 0.595. The molecule has 0 aliphatic carbocycles. The average Bonchev–Trinajstić information content (AvgIpc) is 3.26. The van der Waals surface area contributed by atoms with Crippen molar-refractivity contribution in [1.82, 2.24) is 0 Å². The van der Waals surface area contributed by atoms with E-state index in [-0.39, 0.29) is 0 Å². The van der Waals surface area contributed by atoms with Gasteiger partial charge in [0.2, 0.25) is 0 Å². The van der Waals surface area contributed by atoms with E-state index in [0.29, 0.717) is 10.7 Å². The molecule has 0 spiro atoms. The largest absolute Gasteiger partial charge is 0.453 e. The zero-order chi connectivity index (χ0) is 36.5. The molecule has 0 amide bonds. The van der Waals surface area contributed by atoms with E-state index in [9.17, 15) is 5.26 Å². The predicted octanol–water partition coefficient (Wildman–Crippen LogP) is 12.1. The maximum absolute atomic E-state index is 10.8. The van der Waals surface area contributed by atoms with Gasteiger partial charge in [0.1, 0.15) is 0 Å². The summed E-state index contributed by atoms with van der Waals surface area (Å²) in [7, 11) is 0. The van der Waals surface area contributed by atoms with Crippen LogP contribution in [0.15, 0.2) is 200 Å². The summed E-state index contributed by atoms with van der Waals surface area (Å²) in [6.45, 7) is 5.76. The molecule has 2 aliphatic heterocycles. The number of fused-ring (bicyclic) bond motifs is 2. The molecule has 7 aromatic carbocycles. The van der Waals surface area contributed by atoms with Crippen LogP contribution in [0.3, 0.4) is 0 Å². The van der Waals surface area contributed by atoms with Crippen LogP contribution < -0.4 is 20.2 Å². The van der Waals surface area contributed by atoms with Crippen LogP contribution in [0.4, 0.5) is 17.1 Å². The second-order valence-corrected chi connectivity index (χ2v) is 16.4. The first kappa shape index (κ1) is 32.8. The zero-order valence-electron chi connectivity index (χ0n) is 29.2. The Hall–Kier alpha value is -7.10. The molecule has 2 aliphatic rings. The fraction of sp³-hybridized carbons (Fsp3) is 0. The Morgan fingerprint density at radius 1 is 0.519 bits per heavy atom. The first-order chi connectivity index (χ1) is 26.7. The van der Waals surface area contributed by atoms with Crippen LogP contribution in [-0.4, -0.2) is 5.29 Å². The molecule has 0 bridgehead atoms. The van der Waals surface area contributed by atoms with Gasteiger partial charge in [-0.15, -0.1) is 0 Å². The minimum atomic E-state index is -2.67. The van der Waals surface area contributed by atoms with Gasteiger partial charge in [-0.25, -0.2) is 4.85 Å². The number of allylic oxidation sites excluding steroid dienone is 3. The van der Waals surface area contributed by atoms with E-state index in [1.54, 1.807) is 0 Å². The first-order valence-electron chi connectivity index (χ1n) is 17.7. The summed E-state index contributed by atoms with van der Waals surface area (Å²) < 4.78 is 6.70. The molecule has 7 aromatic rings. The van der Waals surface area contributed by atoms with Crippen LogP contribution in [-0.2, 0) is 0 Å². The third-order valence-electron chi connectivity index (χ3n) is 10.1. The number of nitriles is 1. The quantitative estimate of drug-likeness (QED) is 0.127. The molecule has 0 aromatic heterocycles. The highest BCUT2D eigenvalue weighted by Gasteiger charge is 2.35. The van der Waals surface area contributed by atoms with Crippen LogP contribution in [0.25, 0.3) is 32.7 Å². The molecule has 4 nitrogen and oxygen atoms in total. The number of benzene rings is 7. The molecule has 0 N–H and O–H groups in total. The third kappa shape index (κ3) is 5.55. The van der Waals surface area contributed by atoms with Crippen molar-refractivity contribution in [2.75, 3.05) is 4.90 Å². The van der Waals surface area contributed by atoms with Gasteiger partial charge in [-0.05, 0) is 92.5 Å². The van der Waals surface area contributed by atoms with Crippen LogP contribution >= 0.6 is 6.89 Å². The standard InChI is InChI=1S/C49H32N3OP/c1-51-49-33-40(30-44(34-50)54(49,42-18-10-4-11-19-42)43-20-12-5-13-21-43)37-22-26-41(27-23-37)52-45-28-24-38(35-14-6-2-7-15-35)31-47(45)53-48-32-39(25-29-46(48)52)36-16-8-3-9-17-36/h2-33H. The second-order valence-electron chi connectivity index (χ2n) is 13.1. The van der Waals surface area contributed by atoms with Gasteiger partial charge in [0.05, 0.1) is 29.3 Å². The Bertz CT molecular complexity index is 2610. The number of ether oxygens (including phenoxy) is 1. The smallest absolute Gasteiger partial charge is 0.196 e. The van der Waals surface area contributed by atoms with E-state index in [1.807, 2.05) is 109 Å². The number of hydrogen-bond donors (Lipinski definition) is 0. The van der Waals surface area contributed by atoms with E-state index in [2.05, 4.69) is 101 Å². The van der Waals surface area contributed by atoms with Gasteiger partial charge in [-0.3, -0.25) is 0 Å². The molecule has 254 valence electrons. The first-order valence-corrected chi connectivity index (χ1v) is 19.5. The highest BCUT2D eigenvalue weighted by atomic mass is 31.2. The second kappa shape index (κ2) is 13.8. The summed E-state index contributed by atoms with van der Waals surface area (Å²) in [5.74, 6) is 1.54. The lowest BCUT2D eigenvalue weighted by molar-refractivity contribution is 0.477. The summed E-state index contributed by atoms with van der Waals surface area (Å²) >= 11 is 0. The lowest BCUT2D eigenvalue weighted by Gasteiger charge is -2.33. The average molecular weight is 710 g/mol. The maximum Gasteiger partial charge on any atom is 0.196 e. The molecule has 5 heteroatoms. The number of hydrogen-bond acceptors (Lipinski definition) is 3. The predicted molar refractivity (Wildman–Crippen MR) is 224 cm³/mol. The van der Waals surface area contributed by atoms with Gasteiger partial charge >= 0.3 is 0 Å². The highest BCUT2D eigenvalue weighted by Crippen LogP contribution is 2.58. The Balaban J connectivity index is 1.16. The van der Waals surface area contributed by atoms with E-state index in [1.165, 1.54) is 0 Å². The van der Waals surface area contributed by atoms with E-state index >= 15 is 0 Å². The van der Waals surface area contributed by atoms with Crippen molar-refractivity contribution in [1.29, 1.82) is 5.26 Å². The molecule has 0 atom stereocenters. The van der Waals surface area contributed by atoms with Gasteiger partial charge in [0.15, 0.2) is 16.9 Å². The fourth-order valence-electron chi connectivity index (χ4n) is 7.53. The topological polar surface area (TPSA) is 40.6 Å². The molecule has 2 heterocycles. The maximum atomic E-state index is 10.8. The van der Waals surface area contributed by atoms with Crippen molar-refractivity contribution in [2.45, 2.75) is 0 Å². The summed E-state index contributed by atoms with van der Waals surface area (Å²) in [6, 6.07) is 64.4. The number of anilines is 3. The Labute approximate surface area is 315 Å². The Kier molecular flexibility index (Phi) is 8.38. The Morgan fingerprint density at radius 3 is 1.44 bits per heavy atom. The molecular formula is C49H32N3OP. The van der Waals surface area contributed by atoms with Gasteiger partial charge < -0.3 is 9.64 Å². The van der Waals surface area contributed by atoms with Gasteiger partial charge in [-0.2, -0.15) is 5.26 Å². The summed E-state index contributed by atoms with van der Waals surface area (Å²) in [5.41, 5.74) is 9.61. The van der Waals surface area contributed by atoms with E-state index in [4.69, 9.17) is 11.3 Å². The van der Waals surface area contributed by atoms with Crippen molar-refractivity contribution < 1.29 is 4.74 Å². The minimum Gasteiger partial charge on any atom is -0.453 e. The fourth-order valence-corrected chi connectivity index (χ4v) is 11.4. The molecule has 0 unspecified atom stereocenters. The number of nitrogens with zero attached hydrogens (tertiary/aromatic N) is 3. The monoisotopic (exact) mass is 709 g/mol. The van der Waals surface area contributed by atoms with Crippen molar-refractivity contribution in [3.8, 4) is 39.8 Å². The van der Waals surface area contributed by atoms with Gasteiger partial charge in [-0.1, -0.05) is 146 Å². The molecule has 0 saturated heterocycles. The van der Waals surface area contributed by atoms with Crippen molar-refractivity contribution in [3.63, 3.8) is 0 Å². The van der Waals surface area contributed by atoms with Crippen LogP contribution in [0.2, 0.25) is 0 Å². The third-order valence-corrected chi connectivity index (χ3v) is 14.1. The molecule has 0 saturated carbocycles. The van der Waals surface area contributed by atoms with Crippen molar-refractivity contribution in [3.05, 3.63) is 217 Å². The normalized spacial score (nSPS) is 14.0. The van der Waals surface area contributed by atoms with Gasteiger partial charge in [0.25, 0.3) is 0 Å². The molecule has 0 radical (unpaired) electrons. The number of rotatable bonds is 6. The van der Waals surface area contributed by atoms with Crippen LogP contribution in [0, 0.1) is 17.9 Å². The Morgan fingerprint density at radius 2 is 0.981 bits per heavy atom. The lowest BCUT2D eigenvalue weighted by atomic mass is 10.0. The van der Waals surface area contributed by atoms with Crippen LogP contribution in [0.5, 0.6) is 11.5 Å². The summed E-state index contributed by atoms with van der Waals surface area (Å²) in [4.78, 5) is 6.39. The molecule has 9 rings (SSSR count). The van der Waals surface area contributed by atoms with Crippen molar-refractivity contribution >= 4 is 45.4 Å². The highest BCUT2D eigenvalue weighted by molar-refractivity contribution is 7.93. The summed E-state index contributed by atoms with van der Waals surface area (Å²) in [5, 5.41) is 13.4. The van der Waals surface area contributed by atoms with E-state index in [0.717, 1.165) is 72.6 Å². The van der Waals surface area contributed by atoms with Crippen molar-refractivity contribution in [2.24, 2.45) is 0 Å². The molecule has 0 fully saturated rings. The lowest BCUT2D eigenvalue weighted by Crippen LogP contribution is -2.23. The van der Waals surface area contributed by atoms with E-state index < -0.39 is 6.89 Å². The molecule has 54 heavy (non-hydrogen) atoms. The van der Waals surface area contributed by atoms with Gasteiger partial charge in [0, 0.05) is 12.6 Å². The summed E-state index contributed by atoms with van der Waals surface area (Å²) in [6.07, 6.45) is 3.99. The zero-order valence-corrected chi connectivity index (χ0v) is 30.1. The van der Waals surface area contributed by atoms with Crippen LogP contribution in [0.1, 0.15) is 5.56 Å². The molecular weight excluding hydrogens is 678 g/mol. The SMILES string of the molecule is [C-]#[N+]C1=CC(c2ccc(N3c4ccc(-c5ccccc5)cc4Oc4cc(-c5ccccc5)ccc43)cc2)=CC(C#N)=P1(c1ccccc1)c1ccccc1.